The van der Waals surface area contributed by atoms with E-state index in [0.717, 1.165) is 12.0 Å². The van der Waals surface area contributed by atoms with Crippen molar-refractivity contribution in [1.29, 1.82) is 0 Å². The molecule has 1 aromatic rings. The Kier molecular flexibility index (Phi) is 3.50. The second-order valence-corrected chi connectivity index (χ2v) is 3.73. The summed E-state index contributed by atoms with van der Waals surface area (Å²) in [5, 5.41) is 11.0. The molecule has 12 heavy (non-hydrogen) atoms. The fourth-order valence-electron chi connectivity index (χ4n) is 0.977. The summed E-state index contributed by atoms with van der Waals surface area (Å²) in [5.74, 6) is 0. The van der Waals surface area contributed by atoms with Crippen LogP contribution in [0.15, 0.2) is 17.0 Å². The van der Waals surface area contributed by atoms with Crippen molar-refractivity contribution in [3.63, 3.8) is 0 Å². The lowest BCUT2D eigenvalue weighted by Gasteiger charge is -1.98. The van der Waals surface area contributed by atoms with Gasteiger partial charge >= 0.3 is 0 Å². The molecule has 0 atom stereocenters. The summed E-state index contributed by atoms with van der Waals surface area (Å²) in [7, 11) is 0. The molecule has 0 spiro atoms. The van der Waals surface area contributed by atoms with Crippen LogP contribution in [0.4, 0.5) is 0 Å². The molecule has 1 nitrogen and oxygen atoms in total. The maximum absolute atomic E-state index is 8.95. The summed E-state index contributed by atoms with van der Waals surface area (Å²) in [5.41, 5.74) is 2.39. The second-order valence-electron chi connectivity index (χ2n) is 2.78. The number of hydrogen-bond donors (Lipinski definition) is 1. The van der Waals surface area contributed by atoms with E-state index in [0.29, 0.717) is 0 Å². The van der Waals surface area contributed by atoms with E-state index in [2.05, 4.69) is 31.4 Å². The predicted octanol–water partition coefficient (Wildman–Crippen LogP) is 2.84. The molecule has 0 unspecified atom stereocenters. The van der Waals surface area contributed by atoms with Crippen LogP contribution in [0.1, 0.15) is 23.8 Å². The summed E-state index contributed by atoms with van der Waals surface area (Å²) in [6, 6.07) is 2.10. The maximum Gasteiger partial charge on any atom is 0.0645 e. The third-order valence-corrected chi connectivity index (χ3v) is 2.86. The molecular formula is C10H14OS. The van der Waals surface area contributed by atoms with E-state index in [-0.39, 0.29) is 6.61 Å². The van der Waals surface area contributed by atoms with Crippen LogP contribution >= 0.6 is 11.3 Å². The number of aliphatic hydroxyl groups excluding tert-OH is 1. The quantitative estimate of drug-likeness (QED) is 0.762. The van der Waals surface area contributed by atoms with Crippen LogP contribution in [0.25, 0.3) is 6.08 Å². The van der Waals surface area contributed by atoms with E-state index in [1.165, 1.54) is 10.4 Å². The van der Waals surface area contributed by atoms with Gasteiger partial charge in [-0.3, -0.25) is 0 Å². The van der Waals surface area contributed by atoms with Crippen molar-refractivity contribution in [2.45, 2.75) is 20.3 Å². The SMILES string of the molecule is CCC(=Cc1sccc1C)CO. The number of aliphatic hydroxyl groups is 1. The van der Waals surface area contributed by atoms with Crippen molar-refractivity contribution in [2.75, 3.05) is 6.61 Å². The standard InChI is InChI=1S/C10H14OS/c1-3-9(7-11)6-10-8(2)4-5-12-10/h4-6,11H,3,7H2,1-2H3. The Hall–Kier alpha value is -0.600. The highest BCUT2D eigenvalue weighted by molar-refractivity contribution is 7.11. The van der Waals surface area contributed by atoms with Gasteiger partial charge in [0.05, 0.1) is 6.61 Å². The van der Waals surface area contributed by atoms with Gasteiger partial charge in [-0.25, -0.2) is 0 Å². The Morgan fingerprint density at radius 3 is 2.83 bits per heavy atom. The van der Waals surface area contributed by atoms with Crippen LogP contribution in [0, 0.1) is 6.92 Å². The van der Waals surface area contributed by atoms with Gasteiger partial charge in [-0.15, -0.1) is 11.3 Å². The van der Waals surface area contributed by atoms with E-state index >= 15 is 0 Å². The Morgan fingerprint density at radius 1 is 1.67 bits per heavy atom. The topological polar surface area (TPSA) is 20.2 Å². The number of thiophene rings is 1. The normalized spacial score (nSPS) is 12.1. The molecule has 0 aliphatic heterocycles. The minimum atomic E-state index is 0.174. The molecule has 0 aliphatic carbocycles. The first kappa shape index (κ1) is 9.49. The summed E-state index contributed by atoms with van der Waals surface area (Å²) in [6.45, 7) is 4.33. The highest BCUT2D eigenvalue weighted by Crippen LogP contribution is 2.19. The Bertz CT molecular complexity index is 267. The van der Waals surface area contributed by atoms with Gasteiger partial charge in [-0.05, 0) is 42.0 Å². The molecule has 1 rings (SSSR count). The highest BCUT2D eigenvalue weighted by Gasteiger charge is 1.97. The summed E-state index contributed by atoms with van der Waals surface area (Å²) in [4.78, 5) is 1.26. The fourth-order valence-corrected chi connectivity index (χ4v) is 1.88. The zero-order chi connectivity index (χ0) is 8.97. The van der Waals surface area contributed by atoms with E-state index in [1.807, 2.05) is 0 Å². The predicted molar refractivity (Wildman–Crippen MR) is 54.4 cm³/mol. The first-order chi connectivity index (χ1) is 5.77. The lowest BCUT2D eigenvalue weighted by atomic mass is 10.1. The number of rotatable bonds is 3. The van der Waals surface area contributed by atoms with Crippen molar-refractivity contribution >= 4 is 17.4 Å². The zero-order valence-corrected chi connectivity index (χ0v) is 8.32. The first-order valence-corrected chi connectivity index (χ1v) is 5.00. The van der Waals surface area contributed by atoms with Gasteiger partial charge in [0.15, 0.2) is 0 Å². The fraction of sp³-hybridized carbons (Fsp3) is 0.400. The van der Waals surface area contributed by atoms with Crippen LogP contribution in [-0.2, 0) is 0 Å². The van der Waals surface area contributed by atoms with Crippen LogP contribution in [-0.4, -0.2) is 11.7 Å². The van der Waals surface area contributed by atoms with Gasteiger partial charge in [0.1, 0.15) is 0 Å². The molecular weight excluding hydrogens is 168 g/mol. The first-order valence-electron chi connectivity index (χ1n) is 4.12. The number of aryl methyl sites for hydroxylation is 1. The molecule has 1 aromatic heterocycles. The van der Waals surface area contributed by atoms with Gasteiger partial charge in [-0.2, -0.15) is 0 Å². The molecule has 0 saturated carbocycles. The van der Waals surface area contributed by atoms with Crippen LogP contribution in [0.3, 0.4) is 0 Å². The van der Waals surface area contributed by atoms with Gasteiger partial charge in [0.25, 0.3) is 0 Å². The van der Waals surface area contributed by atoms with Gasteiger partial charge in [0, 0.05) is 4.88 Å². The molecule has 0 saturated heterocycles. The molecule has 2 heteroatoms. The minimum absolute atomic E-state index is 0.174. The molecule has 1 heterocycles. The Labute approximate surface area is 77.4 Å². The van der Waals surface area contributed by atoms with Gasteiger partial charge < -0.3 is 5.11 Å². The third-order valence-electron chi connectivity index (χ3n) is 1.89. The maximum atomic E-state index is 8.95. The van der Waals surface area contributed by atoms with Crippen LogP contribution < -0.4 is 0 Å². The smallest absolute Gasteiger partial charge is 0.0645 e. The van der Waals surface area contributed by atoms with Gasteiger partial charge in [0.2, 0.25) is 0 Å². The monoisotopic (exact) mass is 182 g/mol. The molecule has 0 fully saturated rings. The zero-order valence-electron chi connectivity index (χ0n) is 7.50. The van der Waals surface area contributed by atoms with Crippen LogP contribution in [0.2, 0.25) is 0 Å². The second kappa shape index (κ2) is 4.43. The van der Waals surface area contributed by atoms with Gasteiger partial charge in [-0.1, -0.05) is 6.92 Å². The van der Waals surface area contributed by atoms with E-state index in [9.17, 15) is 0 Å². The number of hydrogen-bond acceptors (Lipinski definition) is 2. The van der Waals surface area contributed by atoms with E-state index in [4.69, 9.17) is 5.11 Å². The molecule has 0 aromatic carbocycles. The summed E-state index contributed by atoms with van der Waals surface area (Å²) >= 11 is 1.72. The average molecular weight is 182 g/mol. The highest BCUT2D eigenvalue weighted by atomic mass is 32.1. The minimum Gasteiger partial charge on any atom is -0.392 e. The lowest BCUT2D eigenvalue weighted by Crippen LogP contribution is -1.87. The Morgan fingerprint density at radius 2 is 2.42 bits per heavy atom. The molecule has 66 valence electrons. The van der Waals surface area contributed by atoms with Crippen molar-refractivity contribution in [1.82, 2.24) is 0 Å². The van der Waals surface area contributed by atoms with Crippen molar-refractivity contribution in [2.24, 2.45) is 0 Å². The van der Waals surface area contributed by atoms with Crippen LogP contribution in [0.5, 0.6) is 0 Å². The lowest BCUT2D eigenvalue weighted by molar-refractivity contribution is 0.329. The Balaban J connectivity index is 2.85. The van der Waals surface area contributed by atoms with Crippen molar-refractivity contribution < 1.29 is 5.11 Å². The third kappa shape index (κ3) is 2.19. The summed E-state index contributed by atoms with van der Waals surface area (Å²) in [6.07, 6.45) is 3.01. The molecule has 0 amide bonds. The largest absolute Gasteiger partial charge is 0.392 e. The van der Waals surface area contributed by atoms with Crippen molar-refractivity contribution in [3.05, 3.63) is 27.5 Å². The van der Waals surface area contributed by atoms with E-state index < -0.39 is 0 Å². The van der Waals surface area contributed by atoms with E-state index in [1.54, 1.807) is 11.3 Å². The van der Waals surface area contributed by atoms with Crippen molar-refractivity contribution in [3.8, 4) is 0 Å². The molecule has 0 bridgehead atoms. The molecule has 0 radical (unpaired) electrons. The average Bonchev–Trinajstić information content (AvgIpc) is 2.47. The molecule has 1 N–H and O–H groups in total. The molecule has 0 aliphatic rings. The summed E-state index contributed by atoms with van der Waals surface area (Å²) < 4.78 is 0.